The van der Waals surface area contributed by atoms with E-state index in [1.807, 2.05) is 0 Å². The topological polar surface area (TPSA) is 0 Å². The monoisotopic (exact) mass is 613 g/mol. The standard InChI is InChI=1S/6C4H10.C2H.2Sn/c6*1-3-4-2;1-2;;/h6*3-4H2,1-2H3;1H;;/q;;;;;;+1;;. The Morgan fingerprint density at radius 2 is 0.321 bits per heavy atom. The maximum Gasteiger partial charge on any atom is 0 e. The predicted octanol–water partition coefficient (Wildman–Crippen LogP) is 10.3. The van der Waals surface area contributed by atoms with Crippen LogP contribution in [0.4, 0.5) is 0 Å². The van der Waals surface area contributed by atoms with Crippen molar-refractivity contribution in [2.75, 3.05) is 0 Å². The minimum Gasteiger partial charge on any atom is 0 e. The third kappa shape index (κ3) is 350. The fourth-order valence-electron chi connectivity index (χ4n) is 0. The minimum absolute atomic E-state index is 0. The quantitative estimate of drug-likeness (QED) is 0.159. The number of rotatable bonds is 6. The maximum atomic E-state index is 5.25. The molecule has 0 saturated carbocycles. The van der Waals surface area contributed by atoms with Gasteiger partial charge in [-0.3, -0.25) is 0 Å². The maximum absolute atomic E-state index is 5.25. The van der Waals surface area contributed by atoms with Crippen molar-refractivity contribution in [1.82, 2.24) is 0 Å². The smallest absolute Gasteiger partial charge is 0 e. The normalized spacial score (nSPS) is 6.61. The summed E-state index contributed by atoms with van der Waals surface area (Å²) in [5.74, 6) is 0. The molecular formula is C26H61Sn2+. The Morgan fingerprint density at radius 3 is 0.321 bits per heavy atom. The van der Waals surface area contributed by atoms with Crippen LogP contribution in [0.3, 0.4) is 0 Å². The van der Waals surface area contributed by atoms with Gasteiger partial charge in [-0.1, -0.05) is 160 Å². The molecule has 0 aliphatic heterocycles. The Kier molecular flexibility index (Phi) is 242. The molecule has 0 N–H and O–H groups in total. The van der Waals surface area contributed by atoms with E-state index in [4.69, 9.17) is 6.42 Å². The van der Waals surface area contributed by atoms with E-state index in [1.54, 1.807) is 0 Å². The second-order valence-electron chi connectivity index (χ2n) is 6.00. The largest absolute Gasteiger partial charge is 0 e. The zero-order chi connectivity index (χ0) is 22.5. The van der Waals surface area contributed by atoms with E-state index < -0.39 is 0 Å². The van der Waals surface area contributed by atoms with E-state index in [1.165, 1.54) is 77.0 Å². The van der Waals surface area contributed by atoms with Gasteiger partial charge in [0.05, 0.1) is 0 Å². The Morgan fingerprint density at radius 1 is 0.286 bits per heavy atom. The second kappa shape index (κ2) is 119. The van der Waals surface area contributed by atoms with Crippen molar-refractivity contribution in [2.45, 2.75) is 160 Å². The first-order valence-corrected chi connectivity index (χ1v) is 11.8. The molecule has 0 nitrogen and oxygen atoms in total. The average Bonchev–Trinajstić information content (AvgIpc) is 2.75. The number of terminal acetylenes is 1. The van der Waals surface area contributed by atoms with Gasteiger partial charge in [0, 0.05) is 47.8 Å². The van der Waals surface area contributed by atoms with E-state index in [9.17, 15) is 0 Å². The zero-order valence-corrected chi connectivity index (χ0v) is 28.3. The Bertz CT molecular complexity index is 79.8. The fourth-order valence-corrected chi connectivity index (χ4v) is 0. The van der Waals surface area contributed by atoms with Crippen LogP contribution in [-0.2, 0) is 0 Å². The summed E-state index contributed by atoms with van der Waals surface area (Å²) in [7, 11) is 0. The number of unbranched alkanes of at least 4 members (excludes halogenated alkanes) is 6. The molecule has 0 aliphatic rings. The molecule has 0 aromatic carbocycles. The molecule has 0 saturated heterocycles. The Hall–Kier alpha value is 1.38. The van der Waals surface area contributed by atoms with Gasteiger partial charge in [-0.15, -0.1) is 0 Å². The number of hydrogen-bond donors (Lipinski definition) is 0. The van der Waals surface area contributed by atoms with Crippen LogP contribution in [0.15, 0.2) is 0 Å². The van der Waals surface area contributed by atoms with Gasteiger partial charge >= 0.3 is 12.8 Å². The molecule has 0 bridgehead atoms. The van der Waals surface area contributed by atoms with Crippen LogP contribution in [0, 0.1) is 12.8 Å². The van der Waals surface area contributed by atoms with Crippen LogP contribution in [0.5, 0.6) is 0 Å². The molecule has 172 valence electrons. The molecule has 0 atom stereocenters. The Balaban J connectivity index is -0.0000000214. The van der Waals surface area contributed by atoms with Gasteiger partial charge in [0.1, 0.15) is 0 Å². The molecule has 0 aliphatic carbocycles. The van der Waals surface area contributed by atoms with Gasteiger partial charge in [0.15, 0.2) is 0 Å². The van der Waals surface area contributed by atoms with Crippen molar-refractivity contribution in [2.24, 2.45) is 0 Å². The summed E-state index contributed by atoms with van der Waals surface area (Å²) in [5.41, 5.74) is 0. The van der Waals surface area contributed by atoms with Crippen molar-refractivity contribution in [3.63, 3.8) is 0 Å². The molecule has 0 spiro atoms. The van der Waals surface area contributed by atoms with E-state index in [0.717, 1.165) is 0 Å². The predicted molar refractivity (Wildman–Crippen MR) is 143 cm³/mol. The summed E-state index contributed by atoms with van der Waals surface area (Å²) in [4.78, 5) is 0. The van der Waals surface area contributed by atoms with Crippen LogP contribution in [0.2, 0.25) is 0 Å². The van der Waals surface area contributed by atoms with E-state index in [0.29, 0.717) is 0 Å². The molecular weight excluding hydrogens is 550 g/mol. The Labute approximate surface area is 219 Å². The third-order valence-electron chi connectivity index (χ3n) is 3.00. The van der Waals surface area contributed by atoms with Crippen LogP contribution < -0.4 is 0 Å². The van der Waals surface area contributed by atoms with E-state index >= 15 is 0 Å². The first-order valence-electron chi connectivity index (χ1n) is 11.8. The fraction of sp³-hybridized carbons (Fsp3) is 0.923. The zero-order valence-electron chi connectivity index (χ0n) is 22.6. The average molecular weight is 611 g/mol. The van der Waals surface area contributed by atoms with E-state index in [-0.39, 0.29) is 47.8 Å². The summed E-state index contributed by atoms with van der Waals surface area (Å²) in [6.07, 6.45) is 24.8. The summed E-state index contributed by atoms with van der Waals surface area (Å²) in [5, 5.41) is 0. The molecule has 0 unspecified atom stereocenters. The molecule has 0 aromatic rings. The molecule has 0 rings (SSSR count). The third-order valence-corrected chi connectivity index (χ3v) is 3.00. The van der Waals surface area contributed by atoms with Gasteiger partial charge in [-0.2, -0.15) is 0 Å². The summed E-state index contributed by atoms with van der Waals surface area (Å²) >= 11 is 0. The van der Waals surface area contributed by atoms with Crippen molar-refractivity contribution in [3.05, 3.63) is 6.42 Å². The van der Waals surface area contributed by atoms with Gasteiger partial charge in [0.25, 0.3) is 0 Å². The van der Waals surface area contributed by atoms with Gasteiger partial charge < -0.3 is 0 Å². The van der Waals surface area contributed by atoms with E-state index in [2.05, 4.69) is 89.5 Å². The van der Waals surface area contributed by atoms with Crippen LogP contribution in [0.1, 0.15) is 160 Å². The minimum atomic E-state index is 0. The van der Waals surface area contributed by atoms with Crippen molar-refractivity contribution in [1.29, 1.82) is 0 Å². The second-order valence-corrected chi connectivity index (χ2v) is 6.00. The van der Waals surface area contributed by atoms with Crippen molar-refractivity contribution in [3.8, 4) is 6.42 Å². The molecule has 28 heavy (non-hydrogen) atoms. The molecule has 0 amide bonds. The summed E-state index contributed by atoms with van der Waals surface area (Å²) in [6, 6.07) is 0. The number of hydrogen-bond acceptors (Lipinski definition) is 0. The molecule has 0 fully saturated rings. The molecule has 0 heterocycles. The SMILES string of the molecule is CCCC.CCCC.CCCC.CCCC.CCCC.CCCC.[C+]#C.[Sn].[Sn]. The van der Waals surface area contributed by atoms with Crippen LogP contribution >= 0.6 is 0 Å². The van der Waals surface area contributed by atoms with Crippen LogP contribution in [-0.4, -0.2) is 47.8 Å². The molecule has 8 radical (unpaired) electrons. The first-order chi connectivity index (χ1) is 12.5. The summed E-state index contributed by atoms with van der Waals surface area (Å²) < 4.78 is 0. The summed E-state index contributed by atoms with van der Waals surface area (Å²) in [6.45, 7) is 26.2. The van der Waals surface area contributed by atoms with Crippen molar-refractivity contribution < 1.29 is 0 Å². The molecule has 0 aromatic heterocycles. The van der Waals surface area contributed by atoms with Gasteiger partial charge in [-0.05, 0) is 0 Å². The molecule has 2 heteroatoms. The van der Waals surface area contributed by atoms with Gasteiger partial charge in [-0.25, -0.2) is 0 Å². The first kappa shape index (κ1) is 57.0. The van der Waals surface area contributed by atoms with Crippen molar-refractivity contribution >= 4 is 47.8 Å². The van der Waals surface area contributed by atoms with Crippen LogP contribution in [0.25, 0.3) is 0 Å². The van der Waals surface area contributed by atoms with Gasteiger partial charge in [0.2, 0.25) is 0 Å².